The molecule has 9 heteroatoms. The van der Waals surface area contributed by atoms with Crippen molar-refractivity contribution in [3.8, 4) is 0 Å². The summed E-state index contributed by atoms with van der Waals surface area (Å²) >= 11 is 1.33. The number of rotatable bonds is 7. The number of carbonyl (C=O) groups excluding carboxylic acids is 1. The number of ether oxygens (including phenoxy) is 1. The summed E-state index contributed by atoms with van der Waals surface area (Å²) in [4.78, 5) is 12.4. The monoisotopic (exact) mass is 438 g/mol. The first-order valence-corrected chi connectivity index (χ1v) is 11.7. The number of nitrogens with one attached hydrogen (secondary N) is 1. The van der Waals surface area contributed by atoms with E-state index in [1.807, 2.05) is 6.92 Å². The summed E-state index contributed by atoms with van der Waals surface area (Å²) < 4.78 is 45.6. The smallest absolute Gasteiger partial charge is 0.243 e. The fourth-order valence-electron chi connectivity index (χ4n) is 2.94. The van der Waals surface area contributed by atoms with E-state index in [-0.39, 0.29) is 27.6 Å². The summed E-state index contributed by atoms with van der Waals surface area (Å²) in [6.45, 7) is 3.28. The van der Waals surface area contributed by atoms with Crippen molar-refractivity contribution in [2.75, 3.05) is 37.4 Å². The molecular formula is C20H23FN2O4S2. The number of halogens is 1. The number of hydrogen-bond donors (Lipinski definition) is 1. The average molecular weight is 439 g/mol. The largest absolute Gasteiger partial charge is 0.379 e. The molecule has 1 heterocycles. The zero-order chi connectivity index (χ0) is 20.9. The van der Waals surface area contributed by atoms with Gasteiger partial charge in [-0.2, -0.15) is 4.31 Å². The number of anilines is 1. The Balaban J connectivity index is 1.55. The van der Waals surface area contributed by atoms with Crippen molar-refractivity contribution in [2.45, 2.75) is 17.1 Å². The Labute approximate surface area is 174 Å². The van der Waals surface area contributed by atoms with Crippen LogP contribution in [0.2, 0.25) is 0 Å². The van der Waals surface area contributed by atoms with E-state index < -0.39 is 10.0 Å². The predicted octanol–water partition coefficient (Wildman–Crippen LogP) is 3.28. The number of nitrogens with zero attached hydrogens (tertiary/aromatic N) is 1. The lowest BCUT2D eigenvalue weighted by Crippen LogP contribution is -2.40. The van der Waals surface area contributed by atoms with E-state index >= 15 is 0 Å². The van der Waals surface area contributed by atoms with Crippen molar-refractivity contribution < 1.29 is 22.3 Å². The molecule has 2 aromatic carbocycles. The van der Waals surface area contributed by atoms with Gasteiger partial charge in [-0.25, -0.2) is 12.8 Å². The molecule has 0 saturated carbocycles. The Bertz CT molecular complexity index is 945. The molecule has 1 aliphatic heterocycles. The van der Waals surface area contributed by atoms with Crippen LogP contribution >= 0.6 is 11.8 Å². The average Bonchev–Trinajstić information content (AvgIpc) is 2.73. The van der Waals surface area contributed by atoms with Gasteiger partial charge >= 0.3 is 0 Å². The molecule has 0 radical (unpaired) electrons. The minimum atomic E-state index is -3.56. The van der Waals surface area contributed by atoms with Crippen molar-refractivity contribution >= 4 is 33.4 Å². The maximum absolute atomic E-state index is 13.8. The standard InChI is InChI=1S/C20H23FN2O4S2/c1-15(18-4-2-3-5-19(18)21)28-14-20(24)22-16-6-8-17(9-7-16)29(25,26)23-10-12-27-13-11-23/h2-9,15H,10-14H2,1H3,(H,22,24). The molecule has 1 amide bonds. The summed E-state index contributed by atoms with van der Waals surface area (Å²) in [6.07, 6.45) is 0. The molecule has 2 aromatic rings. The lowest BCUT2D eigenvalue weighted by molar-refractivity contribution is -0.113. The number of hydrogen-bond acceptors (Lipinski definition) is 5. The lowest BCUT2D eigenvalue weighted by Gasteiger charge is -2.26. The van der Waals surface area contributed by atoms with E-state index in [1.54, 1.807) is 30.3 Å². The highest BCUT2D eigenvalue weighted by molar-refractivity contribution is 8.00. The minimum absolute atomic E-state index is 0.156. The molecule has 0 spiro atoms. The maximum atomic E-state index is 13.8. The summed E-state index contributed by atoms with van der Waals surface area (Å²) in [5, 5.41) is 2.58. The SMILES string of the molecule is CC(SCC(=O)Nc1ccc(S(=O)(=O)N2CCOCC2)cc1)c1ccccc1F. The quantitative estimate of drug-likeness (QED) is 0.718. The molecule has 0 aromatic heterocycles. The zero-order valence-electron chi connectivity index (χ0n) is 16.0. The van der Waals surface area contributed by atoms with Crippen molar-refractivity contribution in [1.29, 1.82) is 0 Å². The van der Waals surface area contributed by atoms with E-state index in [1.165, 1.54) is 34.3 Å². The van der Waals surface area contributed by atoms with Crippen LogP contribution in [-0.2, 0) is 19.6 Å². The van der Waals surface area contributed by atoms with Crippen molar-refractivity contribution in [3.63, 3.8) is 0 Å². The van der Waals surface area contributed by atoms with E-state index in [9.17, 15) is 17.6 Å². The fourth-order valence-corrected chi connectivity index (χ4v) is 5.19. The number of morpholine rings is 1. The molecule has 1 saturated heterocycles. The number of carbonyl (C=O) groups is 1. The van der Waals surface area contributed by atoms with Crippen LogP contribution in [0.4, 0.5) is 10.1 Å². The van der Waals surface area contributed by atoms with Crippen molar-refractivity contribution in [2.24, 2.45) is 0 Å². The van der Waals surface area contributed by atoms with Crippen molar-refractivity contribution in [3.05, 3.63) is 59.9 Å². The first-order valence-electron chi connectivity index (χ1n) is 9.22. The second-order valence-electron chi connectivity index (χ2n) is 6.56. The normalized spacial score (nSPS) is 16.3. The first kappa shape index (κ1) is 21.8. The lowest BCUT2D eigenvalue weighted by atomic mass is 10.1. The fraction of sp³-hybridized carbons (Fsp3) is 0.350. The molecule has 29 heavy (non-hydrogen) atoms. The highest BCUT2D eigenvalue weighted by atomic mass is 32.2. The number of benzene rings is 2. The number of thioether (sulfide) groups is 1. The first-order chi connectivity index (χ1) is 13.9. The number of amides is 1. The van der Waals surface area contributed by atoms with Crippen LogP contribution in [0.1, 0.15) is 17.7 Å². The van der Waals surface area contributed by atoms with Gasteiger partial charge in [0.25, 0.3) is 0 Å². The van der Waals surface area contributed by atoms with Crippen LogP contribution in [-0.4, -0.2) is 50.7 Å². The van der Waals surface area contributed by atoms with Gasteiger partial charge < -0.3 is 10.1 Å². The molecule has 6 nitrogen and oxygen atoms in total. The third-order valence-electron chi connectivity index (χ3n) is 4.55. The third kappa shape index (κ3) is 5.57. The molecule has 1 fully saturated rings. The van der Waals surface area contributed by atoms with Crippen LogP contribution in [0.5, 0.6) is 0 Å². The van der Waals surface area contributed by atoms with E-state index in [2.05, 4.69) is 5.32 Å². The van der Waals surface area contributed by atoms with Gasteiger partial charge in [-0.3, -0.25) is 4.79 Å². The van der Waals surface area contributed by atoms with Crippen molar-refractivity contribution in [1.82, 2.24) is 4.31 Å². The van der Waals surface area contributed by atoms with Gasteiger partial charge in [-0.1, -0.05) is 18.2 Å². The highest BCUT2D eigenvalue weighted by Crippen LogP contribution is 2.30. The van der Waals surface area contributed by atoms with Crippen LogP contribution in [0.25, 0.3) is 0 Å². The Kier molecular flexibility index (Phi) is 7.28. The minimum Gasteiger partial charge on any atom is -0.379 e. The molecular weight excluding hydrogens is 415 g/mol. The van der Waals surface area contributed by atoms with Gasteiger partial charge in [-0.05, 0) is 37.3 Å². The zero-order valence-corrected chi connectivity index (χ0v) is 17.6. The predicted molar refractivity (Wildman–Crippen MR) is 112 cm³/mol. The Morgan fingerprint density at radius 3 is 2.48 bits per heavy atom. The molecule has 0 aliphatic carbocycles. The van der Waals surface area contributed by atoms with E-state index in [0.29, 0.717) is 37.6 Å². The van der Waals surface area contributed by atoms with Gasteiger partial charge in [0.1, 0.15) is 5.82 Å². The summed E-state index contributed by atoms with van der Waals surface area (Å²) in [5.74, 6) is -0.365. The van der Waals surface area contributed by atoms with Gasteiger partial charge in [0.05, 0.1) is 23.9 Å². The molecule has 0 bridgehead atoms. The Morgan fingerprint density at radius 1 is 1.17 bits per heavy atom. The van der Waals surface area contributed by atoms with Crippen LogP contribution in [0.15, 0.2) is 53.4 Å². The van der Waals surface area contributed by atoms with Gasteiger partial charge in [-0.15, -0.1) is 11.8 Å². The third-order valence-corrected chi connectivity index (χ3v) is 7.65. The Morgan fingerprint density at radius 2 is 1.83 bits per heavy atom. The summed E-state index contributed by atoms with van der Waals surface area (Å²) in [7, 11) is -3.56. The highest BCUT2D eigenvalue weighted by Gasteiger charge is 2.26. The summed E-state index contributed by atoms with van der Waals surface area (Å²) in [5.41, 5.74) is 1.07. The molecule has 1 atom stereocenters. The van der Waals surface area contributed by atoms with E-state index in [0.717, 1.165) is 0 Å². The molecule has 3 rings (SSSR count). The Hall–Kier alpha value is -1.94. The van der Waals surface area contributed by atoms with Crippen LogP contribution in [0, 0.1) is 5.82 Å². The van der Waals surface area contributed by atoms with Crippen LogP contribution in [0.3, 0.4) is 0 Å². The maximum Gasteiger partial charge on any atom is 0.243 e. The topological polar surface area (TPSA) is 75.7 Å². The summed E-state index contributed by atoms with van der Waals surface area (Å²) in [6, 6.07) is 12.6. The van der Waals surface area contributed by atoms with Gasteiger partial charge in [0.15, 0.2) is 0 Å². The van der Waals surface area contributed by atoms with Gasteiger partial charge in [0.2, 0.25) is 15.9 Å². The number of sulfonamides is 1. The molecule has 156 valence electrons. The molecule has 1 aliphatic rings. The second kappa shape index (κ2) is 9.71. The second-order valence-corrected chi connectivity index (χ2v) is 9.83. The molecule has 1 unspecified atom stereocenters. The molecule has 1 N–H and O–H groups in total. The van der Waals surface area contributed by atoms with E-state index in [4.69, 9.17) is 4.74 Å². The van der Waals surface area contributed by atoms with Crippen LogP contribution < -0.4 is 5.32 Å². The van der Waals surface area contributed by atoms with Gasteiger partial charge in [0, 0.05) is 29.6 Å².